The maximum atomic E-state index is 12.0. The molecule has 86 valence electrons. The summed E-state index contributed by atoms with van der Waals surface area (Å²) in [5, 5.41) is 0. The number of nitrogens with zero attached hydrogens (tertiary/aromatic N) is 2. The summed E-state index contributed by atoms with van der Waals surface area (Å²) in [5.41, 5.74) is 1.02. The van der Waals surface area contributed by atoms with Gasteiger partial charge in [-0.3, -0.25) is 0 Å². The number of hydrogen-bond donors (Lipinski definition) is 0. The third-order valence-corrected chi connectivity index (χ3v) is 2.76. The van der Waals surface area contributed by atoms with Crippen molar-refractivity contribution >= 4 is 6.03 Å². The Kier molecular flexibility index (Phi) is 4.18. The Morgan fingerprint density at radius 3 is 2.80 bits per heavy atom. The Morgan fingerprint density at radius 2 is 2.27 bits per heavy atom. The van der Waals surface area contributed by atoms with E-state index in [4.69, 9.17) is 0 Å². The number of likely N-dealkylation sites (N-methyl/N-ethyl adjacent to an activating group) is 1. The van der Waals surface area contributed by atoms with E-state index in [1.165, 1.54) is 6.42 Å². The number of amides is 2. The Hall–Kier alpha value is -0.990. The first-order valence-corrected chi connectivity index (χ1v) is 5.65. The Morgan fingerprint density at radius 1 is 1.60 bits per heavy atom. The van der Waals surface area contributed by atoms with Gasteiger partial charge in [0.15, 0.2) is 0 Å². The third kappa shape index (κ3) is 3.57. The normalized spacial score (nSPS) is 21.3. The predicted octanol–water partition coefficient (Wildman–Crippen LogP) is 2.35. The SMILES string of the molecule is C=C(C)CN(C)C(=O)N1CCCC(C)C1. The van der Waals surface area contributed by atoms with Crippen molar-refractivity contribution in [2.45, 2.75) is 26.7 Å². The van der Waals surface area contributed by atoms with Gasteiger partial charge in [-0.15, -0.1) is 0 Å². The third-order valence-electron chi connectivity index (χ3n) is 2.76. The van der Waals surface area contributed by atoms with Gasteiger partial charge in [-0.25, -0.2) is 4.79 Å². The highest BCUT2D eigenvalue weighted by atomic mass is 16.2. The molecule has 0 aromatic carbocycles. The van der Waals surface area contributed by atoms with E-state index in [2.05, 4.69) is 13.5 Å². The molecule has 0 bridgehead atoms. The highest BCUT2D eigenvalue weighted by Crippen LogP contribution is 2.16. The Balaban J connectivity index is 2.47. The van der Waals surface area contributed by atoms with Crippen molar-refractivity contribution in [1.82, 2.24) is 9.80 Å². The average Bonchev–Trinajstić information content (AvgIpc) is 2.15. The topological polar surface area (TPSA) is 23.6 Å². The van der Waals surface area contributed by atoms with Crippen LogP contribution >= 0.6 is 0 Å². The van der Waals surface area contributed by atoms with Crippen LogP contribution in [0.15, 0.2) is 12.2 Å². The Bertz CT molecular complexity index is 250. The van der Waals surface area contributed by atoms with E-state index in [0.29, 0.717) is 12.5 Å². The molecule has 1 rings (SSSR count). The molecule has 0 spiro atoms. The monoisotopic (exact) mass is 210 g/mol. The first kappa shape index (κ1) is 12.1. The number of hydrogen-bond acceptors (Lipinski definition) is 1. The van der Waals surface area contributed by atoms with Crippen LogP contribution in [0, 0.1) is 5.92 Å². The summed E-state index contributed by atoms with van der Waals surface area (Å²) in [4.78, 5) is 15.7. The molecule has 0 aromatic heterocycles. The average molecular weight is 210 g/mol. The number of carbonyl (C=O) groups is 1. The number of piperidine rings is 1. The van der Waals surface area contributed by atoms with E-state index in [0.717, 1.165) is 25.1 Å². The summed E-state index contributed by atoms with van der Waals surface area (Å²) in [6.07, 6.45) is 2.38. The zero-order valence-electron chi connectivity index (χ0n) is 10.1. The maximum absolute atomic E-state index is 12.0. The van der Waals surface area contributed by atoms with E-state index >= 15 is 0 Å². The zero-order valence-corrected chi connectivity index (χ0v) is 10.1. The van der Waals surface area contributed by atoms with Crippen LogP contribution in [0.2, 0.25) is 0 Å². The lowest BCUT2D eigenvalue weighted by Gasteiger charge is -2.34. The molecule has 0 N–H and O–H groups in total. The molecule has 1 saturated heterocycles. The van der Waals surface area contributed by atoms with Gasteiger partial charge >= 0.3 is 6.03 Å². The first-order chi connectivity index (χ1) is 7.00. The van der Waals surface area contributed by atoms with Crippen LogP contribution in [0.3, 0.4) is 0 Å². The van der Waals surface area contributed by atoms with E-state index in [1.807, 2.05) is 18.9 Å². The summed E-state index contributed by atoms with van der Waals surface area (Å²) in [5.74, 6) is 0.640. The molecular formula is C12H22N2O. The summed E-state index contributed by atoms with van der Waals surface area (Å²) in [7, 11) is 1.84. The standard InChI is InChI=1S/C12H22N2O/c1-10(2)8-13(4)12(15)14-7-5-6-11(3)9-14/h11H,1,5-9H2,2-4H3. The minimum absolute atomic E-state index is 0.143. The van der Waals surface area contributed by atoms with Crippen LogP contribution in [0.1, 0.15) is 26.7 Å². The van der Waals surface area contributed by atoms with Crippen LogP contribution in [-0.4, -0.2) is 42.5 Å². The number of urea groups is 1. The molecule has 2 amide bonds. The van der Waals surface area contributed by atoms with Crippen molar-refractivity contribution in [1.29, 1.82) is 0 Å². The molecule has 1 unspecified atom stereocenters. The van der Waals surface area contributed by atoms with Gasteiger partial charge in [-0.2, -0.15) is 0 Å². The van der Waals surface area contributed by atoms with Crippen molar-refractivity contribution < 1.29 is 4.79 Å². The van der Waals surface area contributed by atoms with Crippen molar-refractivity contribution in [3.63, 3.8) is 0 Å². The van der Waals surface area contributed by atoms with Gasteiger partial charge in [0.2, 0.25) is 0 Å². The molecule has 1 atom stereocenters. The fourth-order valence-corrected chi connectivity index (χ4v) is 2.08. The summed E-state index contributed by atoms with van der Waals surface area (Å²) < 4.78 is 0. The lowest BCUT2D eigenvalue weighted by Crippen LogP contribution is -2.46. The van der Waals surface area contributed by atoms with Gasteiger partial charge in [0.1, 0.15) is 0 Å². The quantitative estimate of drug-likeness (QED) is 0.642. The summed E-state index contributed by atoms with van der Waals surface area (Å²) in [6.45, 7) is 10.4. The fourth-order valence-electron chi connectivity index (χ4n) is 2.08. The lowest BCUT2D eigenvalue weighted by molar-refractivity contribution is 0.142. The van der Waals surface area contributed by atoms with Gasteiger partial charge in [0.05, 0.1) is 0 Å². The molecule has 1 aliphatic heterocycles. The molecule has 1 heterocycles. The van der Waals surface area contributed by atoms with E-state index in [1.54, 1.807) is 4.90 Å². The molecule has 1 fully saturated rings. The summed E-state index contributed by atoms with van der Waals surface area (Å²) >= 11 is 0. The van der Waals surface area contributed by atoms with E-state index in [-0.39, 0.29) is 6.03 Å². The molecule has 0 radical (unpaired) electrons. The van der Waals surface area contributed by atoms with Gasteiger partial charge in [-0.1, -0.05) is 19.1 Å². The van der Waals surface area contributed by atoms with E-state index in [9.17, 15) is 4.79 Å². The highest BCUT2D eigenvalue weighted by molar-refractivity contribution is 5.74. The van der Waals surface area contributed by atoms with Gasteiger partial charge in [0, 0.05) is 26.7 Å². The molecule has 3 heteroatoms. The second kappa shape index (κ2) is 5.19. The van der Waals surface area contributed by atoms with Crippen LogP contribution in [0.25, 0.3) is 0 Å². The van der Waals surface area contributed by atoms with Crippen LogP contribution < -0.4 is 0 Å². The van der Waals surface area contributed by atoms with Gasteiger partial charge < -0.3 is 9.80 Å². The second-order valence-corrected chi connectivity index (χ2v) is 4.79. The summed E-state index contributed by atoms with van der Waals surface area (Å²) in [6, 6.07) is 0.143. The van der Waals surface area contributed by atoms with Gasteiger partial charge in [0.25, 0.3) is 0 Å². The van der Waals surface area contributed by atoms with Gasteiger partial charge in [-0.05, 0) is 25.7 Å². The first-order valence-electron chi connectivity index (χ1n) is 5.65. The van der Waals surface area contributed by atoms with Crippen molar-refractivity contribution in [3.05, 3.63) is 12.2 Å². The molecule has 0 aliphatic carbocycles. The largest absolute Gasteiger partial charge is 0.324 e. The van der Waals surface area contributed by atoms with Crippen LogP contribution in [0.5, 0.6) is 0 Å². The minimum Gasteiger partial charge on any atom is -0.324 e. The fraction of sp³-hybridized carbons (Fsp3) is 0.750. The molecular weight excluding hydrogens is 188 g/mol. The lowest BCUT2D eigenvalue weighted by atomic mass is 10.0. The molecule has 0 aromatic rings. The minimum atomic E-state index is 0.143. The molecule has 15 heavy (non-hydrogen) atoms. The van der Waals surface area contributed by atoms with Crippen molar-refractivity contribution in [2.75, 3.05) is 26.7 Å². The number of rotatable bonds is 2. The number of carbonyl (C=O) groups excluding carboxylic acids is 1. The Labute approximate surface area is 92.7 Å². The molecule has 1 aliphatic rings. The smallest absolute Gasteiger partial charge is 0.320 e. The predicted molar refractivity (Wildman–Crippen MR) is 62.8 cm³/mol. The van der Waals surface area contributed by atoms with Crippen LogP contribution in [0.4, 0.5) is 4.79 Å². The second-order valence-electron chi connectivity index (χ2n) is 4.79. The number of likely N-dealkylation sites (tertiary alicyclic amines) is 1. The maximum Gasteiger partial charge on any atom is 0.320 e. The van der Waals surface area contributed by atoms with E-state index < -0.39 is 0 Å². The van der Waals surface area contributed by atoms with Crippen LogP contribution in [-0.2, 0) is 0 Å². The zero-order chi connectivity index (χ0) is 11.4. The highest BCUT2D eigenvalue weighted by Gasteiger charge is 2.23. The van der Waals surface area contributed by atoms with Crippen molar-refractivity contribution in [2.24, 2.45) is 5.92 Å². The van der Waals surface area contributed by atoms with Crippen molar-refractivity contribution in [3.8, 4) is 0 Å². The molecule has 0 saturated carbocycles. The molecule has 3 nitrogen and oxygen atoms in total.